The first-order valence-electron chi connectivity index (χ1n) is 7.26. The standard InChI is InChI=1S/C16H21N3O2/c1-3-12(4-2)16(20)19-13-7-8-15(17-10-13)18-11-14-6-5-9-21-14/h5-10,12H,3-4,11H2,1-2H3,(H,17,18)(H,19,20). The Kier molecular flexibility index (Phi) is 5.37. The van der Waals surface area contributed by atoms with Crippen molar-refractivity contribution in [2.24, 2.45) is 5.92 Å². The summed E-state index contributed by atoms with van der Waals surface area (Å²) in [6.45, 7) is 4.63. The van der Waals surface area contributed by atoms with Crippen LogP contribution < -0.4 is 10.6 Å². The summed E-state index contributed by atoms with van der Waals surface area (Å²) in [5.74, 6) is 1.70. The molecule has 2 heterocycles. The van der Waals surface area contributed by atoms with Crippen molar-refractivity contribution in [3.05, 3.63) is 42.5 Å². The molecule has 21 heavy (non-hydrogen) atoms. The number of anilines is 2. The smallest absolute Gasteiger partial charge is 0.227 e. The lowest BCUT2D eigenvalue weighted by molar-refractivity contribution is -0.120. The predicted molar refractivity (Wildman–Crippen MR) is 83.0 cm³/mol. The molecule has 5 heteroatoms. The summed E-state index contributed by atoms with van der Waals surface area (Å²) < 4.78 is 5.24. The van der Waals surface area contributed by atoms with E-state index in [0.29, 0.717) is 6.54 Å². The normalized spacial score (nSPS) is 10.6. The van der Waals surface area contributed by atoms with Gasteiger partial charge in [0, 0.05) is 5.92 Å². The molecule has 0 aliphatic rings. The van der Waals surface area contributed by atoms with Gasteiger partial charge in [0.25, 0.3) is 0 Å². The fraction of sp³-hybridized carbons (Fsp3) is 0.375. The summed E-state index contributed by atoms with van der Waals surface area (Å²) in [5, 5.41) is 6.05. The lowest BCUT2D eigenvalue weighted by atomic mass is 10.0. The van der Waals surface area contributed by atoms with Crippen molar-refractivity contribution in [3.63, 3.8) is 0 Å². The molecule has 2 N–H and O–H groups in total. The molecule has 0 atom stereocenters. The molecular formula is C16H21N3O2. The van der Waals surface area contributed by atoms with Gasteiger partial charge in [-0.1, -0.05) is 13.8 Å². The quantitative estimate of drug-likeness (QED) is 0.815. The number of rotatable bonds is 7. The summed E-state index contributed by atoms with van der Waals surface area (Å²) in [7, 11) is 0. The van der Waals surface area contributed by atoms with E-state index in [1.165, 1.54) is 0 Å². The van der Waals surface area contributed by atoms with Gasteiger partial charge >= 0.3 is 0 Å². The highest BCUT2D eigenvalue weighted by Gasteiger charge is 2.14. The van der Waals surface area contributed by atoms with Crippen LogP contribution in [-0.4, -0.2) is 10.9 Å². The number of carbonyl (C=O) groups is 1. The zero-order valence-corrected chi connectivity index (χ0v) is 12.4. The largest absolute Gasteiger partial charge is 0.467 e. The molecule has 2 aromatic rings. The van der Waals surface area contributed by atoms with Gasteiger partial charge in [-0.25, -0.2) is 4.98 Å². The molecule has 0 aliphatic carbocycles. The molecule has 0 unspecified atom stereocenters. The van der Waals surface area contributed by atoms with Gasteiger partial charge < -0.3 is 15.1 Å². The molecule has 0 bridgehead atoms. The molecule has 1 amide bonds. The van der Waals surface area contributed by atoms with Crippen molar-refractivity contribution >= 4 is 17.4 Å². The number of nitrogens with one attached hydrogen (secondary N) is 2. The van der Waals surface area contributed by atoms with E-state index >= 15 is 0 Å². The first-order valence-corrected chi connectivity index (χ1v) is 7.26. The molecule has 2 rings (SSSR count). The Bertz CT molecular complexity index is 545. The van der Waals surface area contributed by atoms with Crippen molar-refractivity contribution < 1.29 is 9.21 Å². The van der Waals surface area contributed by atoms with E-state index in [1.54, 1.807) is 12.5 Å². The summed E-state index contributed by atoms with van der Waals surface area (Å²) in [4.78, 5) is 16.2. The first kappa shape index (κ1) is 15.1. The Hall–Kier alpha value is -2.30. The van der Waals surface area contributed by atoms with Gasteiger partial charge in [0.1, 0.15) is 11.6 Å². The average Bonchev–Trinajstić information content (AvgIpc) is 3.01. The van der Waals surface area contributed by atoms with E-state index in [4.69, 9.17) is 4.42 Å². The highest BCUT2D eigenvalue weighted by atomic mass is 16.3. The van der Waals surface area contributed by atoms with Crippen LogP contribution in [-0.2, 0) is 11.3 Å². The van der Waals surface area contributed by atoms with Gasteiger partial charge in [0.15, 0.2) is 0 Å². The number of pyridine rings is 1. The number of nitrogens with zero attached hydrogens (tertiary/aromatic N) is 1. The van der Waals surface area contributed by atoms with Crippen molar-refractivity contribution in [2.75, 3.05) is 10.6 Å². The second-order valence-electron chi connectivity index (χ2n) is 4.87. The van der Waals surface area contributed by atoms with Gasteiger partial charge in [-0.15, -0.1) is 0 Å². The average molecular weight is 287 g/mol. The molecule has 0 fully saturated rings. The van der Waals surface area contributed by atoms with Gasteiger partial charge in [0.05, 0.1) is 24.7 Å². The van der Waals surface area contributed by atoms with Crippen molar-refractivity contribution in [2.45, 2.75) is 33.2 Å². The lowest BCUT2D eigenvalue weighted by Crippen LogP contribution is -2.21. The van der Waals surface area contributed by atoms with Crippen molar-refractivity contribution in [1.29, 1.82) is 0 Å². The van der Waals surface area contributed by atoms with Gasteiger partial charge in [-0.3, -0.25) is 4.79 Å². The third-order valence-electron chi connectivity index (χ3n) is 3.41. The summed E-state index contributed by atoms with van der Waals surface area (Å²) >= 11 is 0. The Balaban J connectivity index is 1.88. The van der Waals surface area contributed by atoms with Crippen LogP contribution in [0.5, 0.6) is 0 Å². The Labute approximate surface area is 124 Å². The van der Waals surface area contributed by atoms with E-state index in [-0.39, 0.29) is 11.8 Å². The molecule has 5 nitrogen and oxygen atoms in total. The minimum atomic E-state index is 0.0538. The molecule has 2 aromatic heterocycles. The third-order valence-corrected chi connectivity index (χ3v) is 3.41. The molecular weight excluding hydrogens is 266 g/mol. The zero-order chi connectivity index (χ0) is 15.1. The Morgan fingerprint density at radius 1 is 1.29 bits per heavy atom. The maximum absolute atomic E-state index is 12.0. The second-order valence-corrected chi connectivity index (χ2v) is 4.87. The Morgan fingerprint density at radius 3 is 2.67 bits per heavy atom. The molecule has 0 saturated carbocycles. The Morgan fingerprint density at radius 2 is 2.10 bits per heavy atom. The minimum absolute atomic E-state index is 0.0538. The fourth-order valence-corrected chi connectivity index (χ4v) is 2.07. The van der Waals surface area contributed by atoms with Crippen molar-refractivity contribution in [3.8, 4) is 0 Å². The number of hydrogen-bond donors (Lipinski definition) is 2. The van der Waals surface area contributed by atoms with Crippen LogP contribution in [0.25, 0.3) is 0 Å². The van der Waals surface area contributed by atoms with E-state index < -0.39 is 0 Å². The maximum Gasteiger partial charge on any atom is 0.227 e. The first-order chi connectivity index (χ1) is 10.2. The number of aromatic nitrogens is 1. The van der Waals surface area contributed by atoms with E-state index in [1.807, 2.05) is 38.1 Å². The topological polar surface area (TPSA) is 67.2 Å². The fourth-order valence-electron chi connectivity index (χ4n) is 2.07. The molecule has 0 aromatic carbocycles. The van der Waals surface area contributed by atoms with Crippen LogP contribution in [0.3, 0.4) is 0 Å². The van der Waals surface area contributed by atoms with Gasteiger partial charge in [0.2, 0.25) is 5.91 Å². The number of furan rings is 1. The summed E-state index contributed by atoms with van der Waals surface area (Å²) in [5.41, 5.74) is 0.718. The highest BCUT2D eigenvalue weighted by molar-refractivity contribution is 5.92. The molecule has 0 radical (unpaired) electrons. The van der Waals surface area contributed by atoms with Crippen LogP contribution in [0.2, 0.25) is 0 Å². The van der Waals surface area contributed by atoms with Crippen LogP contribution in [0.4, 0.5) is 11.5 Å². The van der Waals surface area contributed by atoms with Crippen molar-refractivity contribution in [1.82, 2.24) is 4.98 Å². The molecule has 0 spiro atoms. The lowest BCUT2D eigenvalue weighted by Gasteiger charge is -2.12. The van der Waals surface area contributed by atoms with E-state index in [9.17, 15) is 4.79 Å². The van der Waals surface area contributed by atoms with Crippen LogP contribution in [0.15, 0.2) is 41.1 Å². The molecule has 0 saturated heterocycles. The SMILES string of the molecule is CCC(CC)C(=O)Nc1ccc(NCc2ccco2)nc1. The maximum atomic E-state index is 12.0. The monoisotopic (exact) mass is 287 g/mol. The van der Waals surface area contributed by atoms with Gasteiger partial charge in [-0.2, -0.15) is 0 Å². The van der Waals surface area contributed by atoms with Crippen LogP contribution in [0.1, 0.15) is 32.4 Å². The highest BCUT2D eigenvalue weighted by Crippen LogP contribution is 2.14. The van der Waals surface area contributed by atoms with Gasteiger partial charge in [-0.05, 0) is 37.1 Å². The summed E-state index contributed by atoms with van der Waals surface area (Å²) in [6.07, 6.45) is 4.99. The predicted octanol–water partition coefficient (Wildman–Crippen LogP) is 3.66. The van der Waals surface area contributed by atoms with Crippen LogP contribution >= 0.6 is 0 Å². The zero-order valence-electron chi connectivity index (χ0n) is 12.4. The molecule has 0 aliphatic heterocycles. The van der Waals surface area contributed by atoms with E-state index in [0.717, 1.165) is 30.1 Å². The molecule has 112 valence electrons. The third kappa shape index (κ3) is 4.34. The number of carbonyl (C=O) groups excluding carboxylic acids is 1. The van der Waals surface area contributed by atoms with E-state index in [2.05, 4.69) is 15.6 Å². The van der Waals surface area contributed by atoms with Crippen LogP contribution in [0, 0.1) is 5.92 Å². The second kappa shape index (κ2) is 7.47. The number of amides is 1. The minimum Gasteiger partial charge on any atom is -0.467 e. The number of hydrogen-bond acceptors (Lipinski definition) is 4. The summed E-state index contributed by atoms with van der Waals surface area (Å²) in [6, 6.07) is 7.43.